The molecule has 110 valence electrons. The monoisotopic (exact) mass is 340 g/mol. The number of likely N-dealkylation sites (tertiary alicyclic amines) is 1. The highest BCUT2D eigenvalue weighted by Crippen LogP contribution is 2.28. The molecule has 0 bridgehead atoms. The Balaban J connectivity index is 2.24. The maximum Gasteiger partial charge on any atom is 0.257 e. The second-order valence-electron chi connectivity index (χ2n) is 5.07. The zero-order valence-corrected chi connectivity index (χ0v) is 13.4. The van der Waals surface area contributed by atoms with Crippen molar-refractivity contribution in [3.05, 3.63) is 28.2 Å². The second kappa shape index (κ2) is 7.09. The van der Waals surface area contributed by atoms with Crippen LogP contribution in [0.1, 0.15) is 36.0 Å². The summed E-state index contributed by atoms with van der Waals surface area (Å²) in [7, 11) is 1.59. The molecule has 0 spiro atoms. The van der Waals surface area contributed by atoms with Gasteiger partial charge >= 0.3 is 0 Å². The Bertz CT molecular complexity index is 477. The Morgan fingerprint density at radius 3 is 3.00 bits per heavy atom. The predicted octanol–water partition coefficient (Wildman–Crippen LogP) is 2.80. The summed E-state index contributed by atoms with van der Waals surface area (Å²) in [6.45, 7) is 1.43. The molecular formula is C15H21BrN2O2. The van der Waals surface area contributed by atoms with E-state index in [0.717, 1.165) is 30.3 Å². The highest BCUT2D eigenvalue weighted by Gasteiger charge is 2.28. The van der Waals surface area contributed by atoms with E-state index >= 15 is 0 Å². The quantitative estimate of drug-likeness (QED) is 0.916. The Kier molecular flexibility index (Phi) is 5.43. The molecular weight excluding hydrogens is 320 g/mol. The molecule has 2 rings (SSSR count). The summed E-state index contributed by atoms with van der Waals surface area (Å²) >= 11 is 3.40. The van der Waals surface area contributed by atoms with Gasteiger partial charge < -0.3 is 15.4 Å². The van der Waals surface area contributed by atoms with E-state index < -0.39 is 0 Å². The van der Waals surface area contributed by atoms with E-state index in [1.807, 2.05) is 23.1 Å². The molecule has 1 amide bonds. The number of carbonyl (C=O) groups excluding carboxylic acids is 1. The lowest BCUT2D eigenvalue weighted by atomic mass is 9.98. The summed E-state index contributed by atoms with van der Waals surface area (Å²) in [5, 5.41) is 0. The van der Waals surface area contributed by atoms with Crippen molar-refractivity contribution in [2.75, 3.05) is 20.2 Å². The topological polar surface area (TPSA) is 55.6 Å². The smallest absolute Gasteiger partial charge is 0.257 e. The van der Waals surface area contributed by atoms with E-state index in [-0.39, 0.29) is 11.9 Å². The molecule has 1 unspecified atom stereocenters. The first-order valence-corrected chi connectivity index (χ1v) is 7.81. The number of piperidine rings is 1. The van der Waals surface area contributed by atoms with Gasteiger partial charge in [0.15, 0.2) is 0 Å². The van der Waals surface area contributed by atoms with Gasteiger partial charge in [0.2, 0.25) is 0 Å². The van der Waals surface area contributed by atoms with Gasteiger partial charge in [-0.3, -0.25) is 4.79 Å². The van der Waals surface area contributed by atoms with Crippen molar-refractivity contribution in [3.8, 4) is 5.75 Å². The first-order chi connectivity index (χ1) is 9.67. The number of hydrogen-bond donors (Lipinski definition) is 1. The fourth-order valence-corrected chi connectivity index (χ4v) is 3.10. The maximum atomic E-state index is 12.8. The summed E-state index contributed by atoms with van der Waals surface area (Å²) in [5.41, 5.74) is 6.29. The van der Waals surface area contributed by atoms with E-state index in [1.165, 1.54) is 6.42 Å². The van der Waals surface area contributed by atoms with Crippen molar-refractivity contribution < 1.29 is 9.53 Å². The van der Waals surface area contributed by atoms with Gasteiger partial charge in [0.25, 0.3) is 5.91 Å². The number of rotatable bonds is 4. The lowest BCUT2D eigenvalue weighted by Gasteiger charge is -2.36. The molecule has 20 heavy (non-hydrogen) atoms. The van der Waals surface area contributed by atoms with E-state index in [1.54, 1.807) is 7.11 Å². The Labute approximate surface area is 128 Å². The average molecular weight is 341 g/mol. The van der Waals surface area contributed by atoms with E-state index in [9.17, 15) is 4.79 Å². The zero-order chi connectivity index (χ0) is 14.5. The van der Waals surface area contributed by atoms with Crippen LogP contribution in [0, 0.1) is 0 Å². The minimum Gasteiger partial charge on any atom is -0.496 e. The maximum absolute atomic E-state index is 12.8. The predicted molar refractivity (Wildman–Crippen MR) is 83.0 cm³/mol. The van der Waals surface area contributed by atoms with Gasteiger partial charge in [-0.25, -0.2) is 0 Å². The average Bonchev–Trinajstić information content (AvgIpc) is 2.47. The highest BCUT2D eigenvalue weighted by molar-refractivity contribution is 9.10. The third-order valence-corrected chi connectivity index (χ3v) is 4.28. The normalized spacial score (nSPS) is 18.9. The summed E-state index contributed by atoms with van der Waals surface area (Å²) in [4.78, 5) is 14.7. The van der Waals surface area contributed by atoms with Gasteiger partial charge in [-0.1, -0.05) is 15.9 Å². The molecule has 1 aliphatic rings. The molecule has 0 aliphatic carbocycles. The lowest BCUT2D eigenvalue weighted by Crippen LogP contribution is -2.44. The number of benzene rings is 1. The van der Waals surface area contributed by atoms with Crippen LogP contribution in [0.4, 0.5) is 0 Å². The van der Waals surface area contributed by atoms with E-state index in [0.29, 0.717) is 17.9 Å². The fraction of sp³-hybridized carbons (Fsp3) is 0.533. The molecule has 1 heterocycles. The summed E-state index contributed by atoms with van der Waals surface area (Å²) in [6, 6.07) is 5.78. The number of halogens is 1. The van der Waals surface area contributed by atoms with E-state index in [4.69, 9.17) is 10.5 Å². The highest BCUT2D eigenvalue weighted by atomic mass is 79.9. The van der Waals surface area contributed by atoms with Gasteiger partial charge in [0, 0.05) is 17.1 Å². The molecule has 5 heteroatoms. The van der Waals surface area contributed by atoms with Crippen molar-refractivity contribution >= 4 is 21.8 Å². The van der Waals surface area contributed by atoms with E-state index in [2.05, 4.69) is 15.9 Å². The third kappa shape index (κ3) is 3.33. The van der Waals surface area contributed by atoms with Crippen LogP contribution in [-0.4, -0.2) is 37.0 Å². The molecule has 1 fully saturated rings. The number of hydrogen-bond acceptors (Lipinski definition) is 3. The second-order valence-corrected chi connectivity index (χ2v) is 5.99. The largest absolute Gasteiger partial charge is 0.496 e. The zero-order valence-electron chi connectivity index (χ0n) is 11.8. The molecule has 0 radical (unpaired) electrons. The minimum atomic E-state index is 0.0486. The molecule has 1 saturated heterocycles. The number of amides is 1. The van der Waals surface area contributed by atoms with Crippen LogP contribution >= 0.6 is 15.9 Å². The standard InChI is InChI=1S/C15H21BrN2O2/c1-20-14-10-11(16)5-6-13(14)15(19)18-9-3-2-4-12(18)7-8-17/h5-6,10,12H,2-4,7-9,17H2,1H3. The van der Waals surface area contributed by atoms with Gasteiger partial charge in [-0.05, 0) is 50.4 Å². The summed E-state index contributed by atoms with van der Waals surface area (Å²) in [5.74, 6) is 0.661. The van der Waals surface area contributed by atoms with Crippen LogP contribution in [-0.2, 0) is 0 Å². The molecule has 1 aromatic rings. The number of nitrogens with zero attached hydrogens (tertiary/aromatic N) is 1. The molecule has 1 atom stereocenters. The van der Waals surface area contributed by atoms with Gasteiger partial charge in [0.05, 0.1) is 12.7 Å². The molecule has 2 N–H and O–H groups in total. The third-order valence-electron chi connectivity index (χ3n) is 3.78. The molecule has 1 aliphatic heterocycles. The van der Waals surface area contributed by atoms with Gasteiger partial charge in [0.1, 0.15) is 5.75 Å². The lowest BCUT2D eigenvalue weighted by molar-refractivity contribution is 0.0601. The Hall–Kier alpha value is -1.07. The molecule has 0 saturated carbocycles. The van der Waals surface area contributed by atoms with Crippen LogP contribution in [0.15, 0.2) is 22.7 Å². The van der Waals surface area contributed by atoms with Crippen LogP contribution in [0.3, 0.4) is 0 Å². The number of nitrogens with two attached hydrogens (primary N) is 1. The van der Waals surface area contributed by atoms with Crippen LogP contribution in [0.25, 0.3) is 0 Å². The summed E-state index contributed by atoms with van der Waals surface area (Å²) < 4.78 is 6.24. The first kappa shape index (κ1) is 15.3. The van der Waals surface area contributed by atoms with Gasteiger partial charge in [-0.15, -0.1) is 0 Å². The SMILES string of the molecule is COc1cc(Br)ccc1C(=O)N1CCCCC1CCN. The van der Waals surface area contributed by atoms with Crippen molar-refractivity contribution in [1.29, 1.82) is 0 Å². The number of methoxy groups -OCH3 is 1. The van der Waals surface area contributed by atoms with Crippen LogP contribution < -0.4 is 10.5 Å². The molecule has 0 aromatic heterocycles. The number of ether oxygens (including phenoxy) is 1. The van der Waals surface area contributed by atoms with Gasteiger partial charge in [-0.2, -0.15) is 0 Å². The van der Waals surface area contributed by atoms with Crippen LogP contribution in [0.2, 0.25) is 0 Å². The fourth-order valence-electron chi connectivity index (χ4n) is 2.76. The summed E-state index contributed by atoms with van der Waals surface area (Å²) in [6.07, 6.45) is 4.14. The number of carbonyl (C=O) groups is 1. The molecule has 4 nitrogen and oxygen atoms in total. The minimum absolute atomic E-state index is 0.0486. The first-order valence-electron chi connectivity index (χ1n) is 7.02. The Morgan fingerprint density at radius 2 is 2.30 bits per heavy atom. The van der Waals surface area contributed by atoms with Crippen LogP contribution in [0.5, 0.6) is 5.75 Å². The molecule has 1 aromatic carbocycles. The Morgan fingerprint density at radius 1 is 1.50 bits per heavy atom. The van der Waals surface area contributed by atoms with Crippen molar-refractivity contribution in [2.45, 2.75) is 31.7 Å². The van der Waals surface area contributed by atoms with Crippen molar-refractivity contribution in [1.82, 2.24) is 4.90 Å². The van der Waals surface area contributed by atoms with Crippen molar-refractivity contribution in [3.63, 3.8) is 0 Å². The van der Waals surface area contributed by atoms with Crippen molar-refractivity contribution in [2.24, 2.45) is 5.73 Å².